The van der Waals surface area contributed by atoms with Gasteiger partial charge in [0.15, 0.2) is 5.52 Å². The minimum atomic E-state index is -0.427. The molecular formula is C19H15ClN4O3S2. The molecule has 0 atom stereocenters. The van der Waals surface area contributed by atoms with E-state index in [4.69, 9.17) is 16.3 Å². The number of aromatic nitrogens is 3. The minimum Gasteiger partial charge on any atom is -0.495 e. The fraction of sp³-hybridized carbons (Fsp3) is 0.158. The third-order valence-corrected chi connectivity index (χ3v) is 6.18. The molecule has 7 nitrogen and oxygen atoms in total. The number of nitrogens with one attached hydrogen (secondary N) is 1. The third-order valence-electron chi connectivity index (χ3n) is 4.09. The maximum absolute atomic E-state index is 12.9. The summed E-state index contributed by atoms with van der Waals surface area (Å²) in [5, 5.41) is 10.3. The predicted molar refractivity (Wildman–Crippen MR) is 116 cm³/mol. The van der Waals surface area contributed by atoms with Crippen LogP contribution in [0.2, 0.25) is 5.02 Å². The lowest BCUT2D eigenvalue weighted by Gasteiger charge is -2.11. The highest BCUT2D eigenvalue weighted by atomic mass is 35.5. The topological polar surface area (TPSA) is 86.1 Å². The monoisotopic (exact) mass is 446 g/mol. The van der Waals surface area contributed by atoms with Crippen molar-refractivity contribution in [1.82, 2.24) is 14.8 Å². The van der Waals surface area contributed by atoms with Crippen LogP contribution in [0.1, 0.15) is 5.01 Å². The lowest BCUT2D eigenvalue weighted by molar-refractivity contribution is -0.117. The molecule has 0 fully saturated rings. The summed E-state index contributed by atoms with van der Waals surface area (Å²) in [5.74, 6) is 0.0384. The Balaban J connectivity index is 1.71. The molecule has 0 aliphatic carbocycles. The molecule has 4 rings (SSSR count). The molecule has 10 heteroatoms. The molecule has 0 unspecified atom stereocenters. The highest BCUT2D eigenvalue weighted by molar-refractivity contribution is 7.20. The zero-order chi connectivity index (χ0) is 20.5. The second-order valence-electron chi connectivity index (χ2n) is 6.09. The van der Waals surface area contributed by atoms with Crippen molar-refractivity contribution in [3.8, 4) is 16.3 Å². The van der Waals surface area contributed by atoms with Gasteiger partial charge in [0.1, 0.15) is 18.0 Å². The molecule has 148 valence electrons. The number of carbonyl (C=O) groups is 1. The van der Waals surface area contributed by atoms with Crippen LogP contribution in [-0.2, 0) is 11.3 Å². The molecule has 1 N–H and O–H groups in total. The van der Waals surface area contributed by atoms with E-state index in [1.54, 1.807) is 18.2 Å². The number of anilines is 1. The summed E-state index contributed by atoms with van der Waals surface area (Å²) in [6.45, 7) is 1.57. The molecule has 0 aliphatic heterocycles. The van der Waals surface area contributed by atoms with E-state index in [0.717, 1.165) is 19.3 Å². The van der Waals surface area contributed by atoms with Gasteiger partial charge in [0.25, 0.3) is 5.56 Å². The Labute approximate surface area is 178 Å². The Kier molecular flexibility index (Phi) is 5.35. The van der Waals surface area contributed by atoms with Gasteiger partial charge in [0.05, 0.1) is 27.4 Å². The summed E-state index contributed by atoms with van der Waals surface area (Å²) in [6.07, 6.45) is 0. The van der Waals surface area contributed by atoms with E-state index in [1.165, 1.54) is 29.8 Å². The van der Waals surface area contributed by atoms with Gasteiger partial charge < -0.3 is 10.1 Å². The van der Waals surface area contributed by atoms with Gasteiger partial charge in [0, 0.05) is 5.02 Å². The second-order valence-corrected chi connectivity index (χ2v) is 8.68. The minimum absolute atomic E-state index is 0.264. The fourth-order valence-corrected chi connectivity index (χ4v) is 4.71. The zero-order valence-electron chi connectivity index (χ0n) is 15.4. The Hall–Kier alpha value is -2.75. The van der Waals surface area contributed by atoms with E-state index >= 15 is 0 Å². The number of fused-ring (bicyclic) bond motifs is 1. The largest absolute Gasteiger partial charge is 0.495 e. The first-order valence-electron chi connectivity index (χ1n) is 8.52. The van der Waals surface area contributed by atoms with Gasteiger partial charge in [-0.25, -0.2) is 9.67 Å². The van der Waals surface area contributed by atoms with Crippen LogP contribution >= 0.6 is 34.3 Å². The van der Waals surface area contributed by atoms with Crippen LogP contribution in [0.4, 0.5) is 5.69 Å². The Morgan fingerprint density at radius 2 is 2.17 bits per heavy atom. The predicted octanol–water partition coefficient (Wildman–Crippen LogP) is 4.19. The van der Waals surface area contributed by atoms with E-state index < -0.39 is 11.5 Å². The van der Waals surface area contributed by atoms with Gasteiger partial charge in [-0.2, -0.15) is 5.10 Å². The van der Waals surface area contributed by atoms with E-state index in [-0.39, 0.29) is 6.54 Å². The van der Waals surface area contributed by atoms with Crippen molar-refractivity contribution < 1.29 is 9.53 Å². The number of hydrogen-bond donors (Lipinski definition) is 1. The van der Waals surface area contributed by atoms with E-state index in [2.05, 4.69) is 15.4 Å². The van der Waals surface area contributed by atoms with E-state index in [9.17, 15) is 9.59 Å². The van der Waals surface area contributed by atoms with Crippen molar-refractivity contribution in [3.05, 3.63) is 56.1 Å². The van der Waals surface area contributed by atoms with Crippen LogP contribution in [0.3, 0.4) is 0 Å². The van der Waals surface area contributed by atoms with Crippen LogP contribution < -0.4 is 15.6 Å². The number of carbonyl (C=O) groups excluding carboxylic acids is 1. The Morgan fingerprint density at radius 1 is 1.34 bits per heavy atom. The highest BCUT2D eigenvalue weighted by Crippen LogP contribution is 2.32. The number of aryl methyl sites for hydroxylation is 1. The summed E-state index contributed by atoms with van der Waals surface area (Å²) < 4.78 is 7.11. The summed E-state index contributed by atoms with van der Waals surface area (Å²) >= 11 is 8.94. The Morgan fingerprint density at radius 3 is 2.90 bits per heavy atom. The molecule has 0 spiro atoms. The van der Waals surface area contributed by atoms with Crippen molar-refractivity contribution in [3.63, 3.8) is 0 Å². The number of halogens is 1. The van der Waals surface area contributed by atoms with Crippen molar-refractivity contribution in [1.29, 1.82) is 0 Å². The van der Waals surface area contributed by atoms with Crippen LogP contribution in [0.15, 0.2) is 40.5 Å². The molecule has 0 aliphatic rings. The molecule has 0 saturated heterocycles. The number of ether oxygens (including phenoxy) is 1. The molecular weight excluding hydrogens is 432 g/mol. The maximum Gasteiger partial charge on any atom is 0.294 e. The fourth-order valence-electron chi connectivity index (χ4n) is 2.85. The van der Waals surface area contributed by atoms with Crippen LogP contribution in [0, 0.1) is 6.92 Å². The van der Waals surface area contributed by atoms with Gasteiger partial charge >= 0.3 is 0 Å². The third kappa shape index (κ3) is 3.89. The van der Waals surface area contributed by atoms with Crippen molar-refractivity contribution in [2.45, 2.75) is 13.5 Å². The average Bonchev–Trinajstić information content (AvgIpc) is 3.34. The lowest BCUT2D eigenvalue weighted by atomic mass is 10.3. The molecule has 3 aromatic heterocycles. The van der Waals surface area contributed by atoms with E-state index in [0.29, 0.717) is 27.7 Å². The number of thiophene rings is 1. The summed E-state index contributed by atoms with van der Waals surface area (Å²) in [6, 6.07) is 8.73. The smallest absolute Gasteiger partial charge is 0.294 e. The molecule has 3 heterocycles. The first-order valence-corrected chi connectivity index (χ1v) is 10.6. The number of benzene rings is 1. The van der Waals surface area contributed by atoms with E-state index in [1.807, 2.05) is 24.4 Å². The summed E-state index contributed by atoms with van der Waals surface area (Å²) in [7, 11) is 1.50. The number of rotatable bonds is 5. The quantitative estimate of drug-likeness (QED) is 0.496. The number of hydrogen-bond acceptors (Lipinski definition) is 7. The molecule has 0 bridgehead atoms. The number of amides is 1. The van der Waals surface area contributed by atoms with Gasteiger partial charge in [-0.1, -0.05) is 17.7 Å². The van der Waals surface area contributed by atoms with Crippen LogP contribution in [-0.4, -0.2) is 27.8 Å². The molecule has 1 amide bonds. The van der Waals surface area contributed by atoms with Gasteiger partial charge in [-0.15, -0.1) is 22.7 Å². The van der Waals surface area contributed by atoms with Crippen molar-refractivity contribution in [2.24, 2.45) is 0 Å². The summed E-state index contributed by atoms with van der Waals surface area (Å²) in [4.78, 5) is 30.7. The summed E-state index contributed by atoms with van der Waals surface area (Å²) in [5.41, 5.74) is 0.979. The molecule has 4 aromatic rings. The average molecular weight is 447 g/mol. The first-order chi connectivity index (χ1) is 14.0. The van der Waals surface area contributed by atoms with Gasteiger partial charge in [-0.05, 0) is 36.6 Å². The van der Waals surface area contributed by atoms with Crippen molar-refractivity contribution >= 4 is 56.1 Å². The number of nitrogens with zero attached hydrogens (tertiary/aromatic N) is 3. The first kappa shape index (κ1) is 19.6. The molecule has 0 saturated carbocycles. The van der Waals surface area contributed by atoms with Crippen molar-refractivity contribution in [2.75, 3.05) is 12.4 Å². The molecule has 1 aromatic carbocycles. The van der Waals surface area contributed by atoms with Crippen LogP contribution in [0.25, 0.3) is 20.8 Å². The second kappa shape index (κ2) is 7.94. The lowest BCUT2D eigenvalue weighted by Crippen LogP contribution is -2.30. The van der Waals surface area contributed by atoms with Crippen LogP contribution in [0.5, 0.6) is 5.75 Å². The zero-order valence-corrected chi connectivity index (χ0v) is 17.8. The number of methoxy groups -OCH3 is 1. The maximum atomic E-state index is 12.9. The standard InChI is InChI=1S/C19H15ClN4O3S2/c1-10-21-17-18(29-10)16(14-4-3-7-28-14)23-24(19(17)26)9-15(25)22-12-8-11(20)5-6-13(12)27-2/h3-8H,9H2,1-2H3,(H,22,25). The number of thiazole rings is 1. The molecule has 29 heavy (non-hydrogen) atoms. The SMILES string of the molecule is COc1ccc(Cl)cc1NC(=O)Cn1nc(-c2cccs2)c2sc(C)nc2c1=O. The van der Waals surface area contributed by atoms with Gasteiger partial charge in [0.2, 0.25) is 5.91 Å². The Bertz CT molecular complexity index is 1260. The highest BCUT2D eigenvalue weighted by Gasteiger charge is 2.19. The molecule has 0 radical (unpaired) electrons. The van der Waals surface area contributed by atoms with Gasteiger partial charge in [-0.3, -0.25) is 9.59 Å². The normalized spacial score (nSPS) is 11.0.